The van der Waals surface area contributed by atoms with Crippen LogP contribution < -0.4 is 9.80 Å². The number of para-hydroxylation sites is 1. The van der Waals surface area contributed by atoms with E-state index in [-0.39, 0.29) is 24.3 Å². The maximum atomic E-state index is 14.3. The Morgan fingerprint density at radius 1 is 0.879 bits per heavy atom. The maximum absolute atomic E-state index is 14.3. The molecule has 7 heteroatoms. The Bertz CT molecular complexity index is 1260. The summed E-state index contributed by atoms with van der Waals surface area (Å²) in [5.74, 6) is -0.931. The van der Waals surface area contributed by atoms with Gasteiger partial charge in [-0.1, -0.05) is 42.5 Å². The maximum Gasteiger partial charge on any atom is 0.416 e. The summed E-state index contributed by atoms with van der Waals surface area (Å²) in [6.45, 7) is 1.98. The zero-order chi connectivity index (χ0) is 23.4. The van der Waals surface area contributed by atoms with E-state index in [0.29, 0.717) is 17.7 Å². The topological polar surface area (TPSA) is 40.6 Å². The van der Waals surface area contributed by atoms with Gasteiger partial charge in [0.25, 0.3) is 5.91 Å². The molecule has 0 radical (unpaired) electrons. The molecule has 168 valence electrons. The van der Waals surface area contributed by atoms with Crippen LogP contribution in [0.3, 0.4) is 0 Å². The largest absolute Gasteiger partial charge is 0.416 e. The number of alkyl halides is 3. The van der Waals surface area contributed by atoms with Crippen LogP contribution in [0.25, 0.3) is 0 Å². The Morgan fingerprint density at radius 3 is 2.27 bits per heavy atom. The van der Waals surface area contributed by atoms with Crippen molar-refractivity contribution in [1.29, 1.82) is 0 Å². The first kappa shape index (κ1) is 21.2. The first-order valence-electron chi connectivity index (χ1n) is 10.8. The Balaban J connectivity index is 1.84. The highest BCUT2D eigenvalue weighted by Gasteiger charge is 2.57. The molecule has 1 heterocycles. The van der Waals surface area contributed by atoms with Crippen molar-refractivity contribution in [3.63, 3.8) is 0 Å². The fourth-order valence-corrected chi connectivity index (χ4v) is 5.04. The molecule has 0 aromatic heterocycles. The number of nitrogens with zero attached hydrogens (tertiary/aromatic N) is 2. The van der Waals surface area contributed by atoms with Gasteiger partial charge in [-0.2, -0.15) is 13.2 Å². The van der Waals surface area contributed by atoms with Crippen molar-refractivity contribution < 1.29 is 22.8 Å². The van der Waals surface area contributed by atoms with Crippen molar-refractivity contribution >= 4 is 28.9 Å². The molecule has 2 aliphatic rings. The lowest BCUT2D eigenvalue weighted by atomic mass is 9.79. The highest BCUT2D eigenvalue weighted by Crippen LogP contribution is 2.50. The van der Waals surface area contributed by atoms with E-state index in [9.17, 15) is 22.8 Å². The number of carbonyl (C=O) groups excluding carboxylic acids is 2. The van der Waals surface area contributed by atoms with Crippen LogP contribution in [0.1, 0.15) is 30.0 Å². The fourth-order valence-electron chi connectivity index (χ4n) is 5.04. The SMILES string of the molecule is CCN1C(=O)[C@]2(CCc3ccccc32)C(=O)N(c2ccccc2)c2cc(C(F)(F)F)ccc21. The van der Waals surface area contributed by atoms with E-state index in [2.05, 4.69) is 0 Å². The molecule has 0 saturated carbocycles. The standard InChI is InChI=1S/C26H21F3N2O2/c1-2-30-21-13-12-18(26(27,28)29)16-22(21)31(19-9-4-3-5-10-19)24(33)25(23(30)32)15-14-17-8-6-7-11-20(17)25/h3-13,16H,2,14-15H2,1H3/t25-/m1/s1. The number of carbonyl (C=O) groups is 2. The van der Waals surface area contributed by atoms with Gasteiger partial charge in [0.2, 0.25) is 5.91 Å². The van der Waals surface area contributed by atoms with Gasteiger partial charge in [0, 0.05) is 12.2 Å². The van der Waals surface area contributed by atoms with Crippen LogP contribution in [0.2, 0.25) is 0 Å². The number of hydrogen-bond acceptors (Lipinski definition) is 2. The molecular formula is C26H21F3N2O2. The van der Waals surface area contributed by atoms with Gasteiger partial charge in [-0.05, 0) is 61.2 Å². The Labute approximate surface area is 189 Å². The minimum Gasteiger partial charge on any atom is -0.309 e. The van der Waals surface area contributed by atoms with Crippen LogP contribution in [-0.2, 0) is 27.6 Å². The summed E-state index contributed by atoms with van der Waals surface area (Å²) >= 11 is 0. The third-order valence-electron chi connectivity index (χ3n) is 6.59. The molecule has 3 aromatic carbocycles. The molecule has 33 heavy (non-hydrogen) atoms. The number of fused-ring (bicyclic) bond motifs is 3. The van der Waals surface area contributed by atoms with Gasteiger partial charge in [0.15, 0.2) is 5.41 Å². The quantitative estimate of drug-likeness (QED) is 0.476. The molecule has 1 atom stereocenters. The summed E-state index contributed by atoms with van der Waals surface area (Å²) in [4.78, 5) is 31.1. The smallest absolute Gasteiger partial charge is 0.309 e. The van der Waals surface area contributed by atoms with Gasteiger partial charge >= 0.3 is 6.18 Å². The lowest BCUT2D eigenvalue weighted by Gasteiger charge is -2.32. The average Bonchev–Trinajstić information content (AvgIpc) is 3.18. The van der Waals surface area contributed by atoms with E-state index >= 15 is 0 Å². The summed E-state index contributed by atoms with van der Waals surface area (Å²) < 4.78 is 40.9. The van der Waals surface area contributed by atoms with Crippen LogP contribution in [0.5, 0.6) is 0 Å². The Hall–Kier alpha value is -3.61. The molecule has 5 rings (SSSR count). The van der Waals surface area contributed by atoms with Crippen molar-refractivity contribution in [1.82, 2.24) is 0 Å². The van der Waals surface area contributed by atoms with Gasteiger partial charge in [-0.15, -0.1) is 0 Å². The number of likely N-dealkylation sites (N-methyl/N-ethyl adjacent to an activating group) is 1. The highest BCUT2D eigenvalue weighted by molar-refractivity contribution is 6.27. The van der Waals surface area contributed by atoms with Gasteiger partial charge in [-0.25, -0.2) is 0 Å². The number of aryl methyl sites for hydroxylation is 1. The lowest BCUT2D eigenvalue weighted by molar-refractivity contribution is -0.138. The molecule has 0 fully saturated rings. The second-order valence-corrected chi connectivity index (χ2v) is 8.29. The summed E-state index contributed by atoms with van der Waals surface area (Å²) in [6.07, 6.45) is -3.78. The Kier molecular flexibility index (Phi) is 4.81. The molecular weight excluding hydrogens is 429 g/mol. The van der Waals surface area contributed by atoms with E-state index in [1.165, 1.54) is 15.9 Å². The van der Waals surface area contributed by atoms with E-state index in [0.717, 1.165) is 17.7 Å². The molecule has 0 saturated heterocycles. The first-order valence-corrected chi connectivity index (χ1v) is 10.8. The lowest BCUT2D eigenvalue weighted by Crippen LogP contribution is -2.53. The van der Waals surface area contributed by atoms with Crippen LogP contribution in [0.15, 0.2) is 72.8 Å². The van der Waals surface area contributed by atoms with Crippen molar-refractivity contribution in [3.05, 3.63) is 89.5 Å². The molecule has 0 bridgehead atoms. The number of benzene rings is 3. The minimum atomic E-state index is -4.59. The van der Waals surface area contributed by atoms with Gasteiger partial charge in [0.05, 0.1) is 16.9 Å². The predicted molar refractivity (Wildman–Crippen MR) is 120 cm³/mol. The van der Waals surface area contributed by atoms with Crippen molar-refractivity contribution in [2.45, 2.75) is 31.4 Å². The van der Waals surface area contributed by atoms with Crippen molar-refractivity contribution in [2.24, 2.45) is 0 Å². The number of rotatable bonds is 2. The fraction of sp³-hybridized carbons (Fsp3) is 0.231. The van der Waals surface area contributed by atoms with Gasteiger partial charge in [0.1, 0.15) is 0 Å². The number of halogens is 3. The highest BCUT2D eigenvalue weighted by atomic mass is 19.4. The molecule has 3 aromatic rings. The van der Waals surface area contributed by atoms with E-state index in [1.807, 2.05) is 12.1 Å². The number of amides is 2. The number of anilines is 3. The zero-order valence-electron chi connectivity index (χ0n) is 17.9. The second kappa shape index (κ2) is 7.47. The minimum absolute atomic E-state index is 0.0532. The Morgan fingerprint density at radius 2 is 1.58 bits per heavy atom. The van der Waals surface area contributed by atoms with Gasteiger partial charge < -0.3 is 4.90 Å². The predicted octanol–water partition coefficient (Wildman–Crippen LogP) is 5.62. The summed E-state index contributed by atoms with van der Waals surface area (Å²) in [7, 11) is 0. The molecule has 4 nitrogen and oxygen atoms in total. The van der Waals surface area contributed by atoms with E-state index in [1.54, 1.807) is 49.4 Å². The molecule has 1 aliphatic heterocycles. The van der Waals surface area contributed by atoms with Crippen LogP contribution in [0, 0.1) is 0 Å². The zero-order valence-corrected chi connectivity index (χ0v) is 17.9. The third-order valence-corrected chi connectivity index (χ3v) is 6.59. The van der Waals surface area contributed by atoms with Crippen molar-refractivity contribution in [3.8, 4) is 0 Å². The van der Waals surface area contributed by atoms with E-state index in [4.69, 9.17) is 0 Å². The van der Waals surface area contributed by atoms with E-state index < -0.39 is 29.0 Å². The number of hydrogen-bond donors (Lipinski definition) is 0. The average molecular weight is 450 g/mol. The molecule has 2 amide bonds. The molecule has 0 unspecified atom stereocenters. The van der Waals surface area contributed by atoms with Crippen LogP contribution >= 0.6 is 0 Å². The summed E-state index contributed by atoms with van der Waals surface area (Å²) in [5.41, 5.74) is -0.0847. The van der Waals surface area contributed by atoms with Crippen LogP contribution in [-0.4, -0.2) is 18.4 Å². The first-order chi connectivity index (χ1) is 15.8. The summed E-state index contributed by atoms with van der Waals surface area (Å²) in [5, 5.41) is 0. The van der Waals surface area contributed by atoms with Crippen LogP contribution in [0.4, 0.5) is 30.2 Å². The molecule has 1 spiro atoms. The third kappa shape index (κ3) is 3.06. The van der Waals surface area contributed by atoms with Gasteiger partial charge in [-0.3, -0.25) is 14.5 Å². The monoisotopic (exact) mass is 450 g/mol. The second-order valence-electron chi connectivity index (χ2n) is 8.29. The normalized spacial score (nSPS) is 20.1. The van der Waals surface area contributed by atoms with Crippen molar-refractivity contribution in [2.75, 3.05) is 16.3 Å². The summed E-state index contributed by atoms with van der Waals surface area (Å²) in [6, 6.07) is 19.1. The molecule has 1 aliphatic carbocycles. The molecule has 0 N–H and O–H groups in total.